The van der Waals surface area contributed by atoms with Crippen LogP contribution in [0.2, 0.25) is 0 Å². The maximum atomic E-state index is 12.8. The molecule has 4 rings (SSSR count). The summed E-state index contributed by atoms with van der Waals surface area (Å²) in [6.07, 6.45) is 8.63. The first-order valence-corrected chi connectivity index (χ1v) is 11.7. The second-order valence-electron chi connectivity index (χ2n) is 9.24. The van der Waals surface area contributed by atoms with Crippen molar-refractivity contribution in [3.63, 3.8) is 0 Å². The van der Waals surface area contributed by atoms with Crippen LogP contribution in [0.15, 0.2) is 65.9 Å². The van der Waals surface area contributed by atoms with Crippen molar-refractivity contribution in [1.29, 1.82) is 0 Å². The summed E-state index contributed by atoms with van der Waals surface area (Å²) in [5.74, 6) is 0.732. The van der Waals surface area contributed by atoms with E-state index in [1.807, 2.05) is 48.5 Å². The molecule has 0 radical (unpaired) electrons. The molecule has 0 aromatic heterocycles. The molecule has 1 saturated carbocycles. The van der Waals surface area contributed by atoms with Crippen molar-refractivity contribution in [3.8, 4) is 0 Å². The summed E-state index contributed by atoms with van der Waals surface area (Å²) in [5, 5.41) is 14.8. The van der Waals surface area contributed by atoms with Crippen LogP contribution in [0.25, 0.3) is 10.8 Å². The van der Waals surface area contributed by atoms with Gasteiger partial charge in [-0.2, -0.15) is 0 Å². The largest absolute Gasteiger partial charge is 0.487 e. The van der Waals surface area contributed by atoms with Gasteiger partial charge in [0.15, 0.2) is 5.76 Å². The highest BCUT2D eigenvalue weighted by Gasteiger charge is 2.51. The second kappa shape index (κ2) is 9.77. The Morgan fingerprint density at radius 2 is 1.85 bits per heavy atom. The van der Waals surface area contributed by atoms with Gasteiger partial charge in [0.25, 0.3) is 0 Å². The molecule has 33 heavy (non-hydrogen) atoms. The number of hydrogen-bond donors (Lipinski definition) is 0. The summed E-state index contributed by atoms with van der Waals surface area (Å²) >= 11 is 0. The van der Waals surface area contributed by atoms with Gasteiger partial charge < -0.3 is 9.47 Å². The predicted molar refractivity (Wildman–Crippen MR) is 127 cm³/mol. The highest BCUT2D eigenvalue weighted by molar-refractivity contribution is 5.83. The molecule has 1 atom stereocenters. The van der Waals surface area contributed by atoms with E-state index in [1.54, 1.807) is 6.08 Å². The first-order valence-electron chi connectivity index (χ1n) is 11.7. The predicted octanol–water partition coefficient (Wildman–Crippen LogP) is 6.07. The number of allylic oxidation sites excluding steroid dienone is 2. The summed E-state index contributed by atoms with van der Waals surface area (Å²) in [6, 6.07) is 13.5. The lowest BCUT2D eigenvalue weighted by molar-refractivity contribution is -0.558. The van der Waals surface area contributed by atoms with Crippen LogP contribution in [-0.4, -0.2) is 24.1 Å². The smallest absolute Gasteiger partial charge is 0.321 e. The number of nitro groups is 1. The third kappa shape index (κ3) is 4.80. The standard InChI is InChI=1S/C27H31NO5/c1-19-7-13-24(14-8-19)33-25-15-9-20(10-16-26(29)32-2)18-27(25,28(30)31)23-12-11-21-5-3-4-6-22(21)17-23/h3-6,11-12,15,17-19,24H,7-10,13-14,16H2,1-2H3. The summed E-state index contributed by atoms with van der Waals surface area (Å²) in [5.41, 5.74) is -0.205. The average Bonchev–Trinajstić information content (AvgIpc) is 2.84. The Morgan fingerprint density at radius 1 is 1.12 bits per heavy atom. The molecule has 0 saturated heterocycles. The number of methoxy groups -OCH3 is 1. The summed E-state index contributed by atoms with van der Waals surface area (Å²) < 4.78 is 11.2. The Hall–Kier alpha value is -3.15. The fourth-order valence-electron chi connectivity index (χ4n) is 4.91. The summed E-state index contributed by atoms with van der Waals surface area (Å²) in [4.78, 5) is 24.3. The number of carbonyl (C=O) groups excluding carboxylic acids is 1. The maximum Gasteiger partial charge on any atom is 0.321 e. The topological polar surface area (TPSA) is 78.7 Å². The van der Waals surface area contributed by atoms with Gasteiger partial charge in [-0.15, -0.1) is 0 Å². The quantitative estimate of drug-likeness (QED) is 0.222. The first-order chi connectivity index (χ1) is 15.9. The molecule has 2 aromatic rings. The van der Waals surface area contributed by atoms with Crippen LogP contribution in [-0.2, 0) is 19.8 Å². The number of hydrogen-bond acceptors (Lipinski definition) is 5. The number of carbonyl (C=O) groups is 1. The zero-order valence-electron chi connectivity index (χ0n) is 19.3. The van der Waals surface area contributed by atoms with E-state index in [4.69, 9.17) is 9.47 Å². The van der Waals surface area contributed by atoms with Gasteiger partial charge in [-0.25, -0.2) is 0 Å². The Morgan fingerprint density at radius 3 is 2.55 bits per heavy atom. The van der Waals surface area contributed by atoms with Gasteiger partial charge in [0, 0.05) is 23.0 Å². The molecular formula is C27H31NO5. The number of ether oxygens (including phenoxy) is 2. The number of esters is 1. The van der Waals surface area contributed by atoms with Gasteiger partial charge in [-0.05, 0) is 67.4 Å². The van der Waals surface area contributed by atoms with Crippen LogP contribution in [0, 0.1) is 16.0 Å². The van der Waals surface area contributed by atoms with Crippen LogP contribution in [0.4, 0.5) is 0 Å². The highest BCUT2D eigenvalue weighted by Crippen LogP contribution is 2.43. The SMILES string of the molecule is COC(=O)CCC1=CC(c2ccc3ccccc3c2)([N+](=O)[O-])C(OC2CCC(C)CC2)=CC1. The van der Waals surface area contributed by atoms with Crippen molar-refractivity contribution in [2.24, 2.45) is 5.92 Å². The van der Waals surface area contributed by atoms with E-state index in [0.717, 1.165) is 42.0 Å². The lowest BCUT2D eigenvalue weighted by Gasteiger charge is -2.34. The minimum atomic E-state index is -1.61. The number of benzene rings is 2. The van der Waals surface area contributed by atoms with Gasteiger partial charge in [0.2, 0.25) is 0 Å². The Balaban J connectivity index is 1.75. The van der Waals surface area contributed by atoms with E-state index >= 15 is 0 Å². The third-order valence-electron chi connectivity index (χ3n) is 6.95. The van der Waals surface area contributed by atoms with Crippen LogP contribution in [0.3, 0.4) is 0 Å². The minimum Gasteiger partial charge on any atom is -0.487 e. The van der Waals surface area contributed by atoms with E-state index in [-0.39, 0.29) is 23.4 Å². The number of nitrogens with zero attached hydrogens (tertiary/aromatic N) is 1. The molecule has 6 heteroatoms. The van der Waals surface area contributed by atoms with E-state index in [1.165, 1.54) is 7.11 Å². The van der Waals surface area contributed by atoms with Crippen LogP contribution in [0.1, 0.15) is 57.4 Å². The average molecular weight is 450 g/mol. The van der Waals surface area contributed by atoms with Crippen LogP contribution < -0.4 is 0 Å². The molecule has 1 fully saturated rings. The molecule has 1 unspecified atom stereocenters. The van der Waals surface area contributed by atoms with E-state index < -0.39 is 5.54 Å². The first kappa shape index (κ1) is 23.0. The molecule has 0 aliphatic heterocycles. The van der Waals surface area contributed by atoms with E-state index in [2.05, 4.69) is 6.92 Å². The van der Waals surface area contributed by atoms with E-state index in [0.29, 0.717) is 30.1 Å². The van der Waals surface area contributed by atoms with Crippen LogP contribution >= 0.6 is 0 Å². The van der Waals surface area contributed by atoms with Gasteiger partial charge in [0.1, 0.15) is 0 Å². The molecule has 0 N–H and O–H groups in total. The molecule has 2 aliphatic carbocycles. The zero-order chi connectivity index (χ0) is 23.4. The van der Waals surface area contributed by atoms with Crippen molar-refractivity contribution in [2.45, 2.75) is 63.5 Å². The maximum absolute atomic E-state index is 12.8. The van der Waals surface area contributed by atoms with Crippen LogP contribution in [0.5, 0.6) is 0 Å². The van der Waals surface area contributed by atoms with Crippen molar-refractivity contribution in [3.05, 3.63) is 81.6 Å². The fraction of sp³-hybridized carbons (Fsp3) is 0.444. The number of fused-ring (bicyclic) bond motifs is 1. The van der Waals surface area contributed by atoms with Gasteiger partial charge in [-0.1, -0.05) is 48.9 Å². The Kier molecular flexibility index (Phi) is 6.82. The molecule has 0 heterocycles. The molecule has 0 spiro atoms. The van der Waals surface area contributed by atoms with Crippen molar-refractivity contribution < 1.29 is 19.2 Å². The molecule has 174 valence electrons. The van der Waals surface area contributed by atoms with Crippen molar-refractivity contribution >= 4 is 16.7 Å². The molecule has 2 aromatic carbocycles. The van der Waals surface area contributed by atoms with E-state index in [9.17, 15) is 14.9 Å². The summed E-state index contributed by atoms with van der Waals surface area (Å²) in [6.45, 7) is 2.24. The van der Waals surface area contributed by atoms with Gasteiger partial charge >= 0.3 is 11.5 Å². The molecule has 0 amide bonds. The number of rotatable bonds is 7. The zero-order valence-corrected chi connectivity index (χ0v) is 19.3. The highest BCUT2D eigenvalue weighted by atomic mass is 16.6. The molecule has 2 aliphatic rings. The Labute approximate surface area is 194 Å². The fourth-order valence-corrected chi connectivity index (χ4v) is 4.91. The summed E-state index contributed by atoms with van der Waals surface area (Å²) in [7, 11) is 1.35. The van der Waals surface area contributed by atoms with Gasteiger partial charge in [0.05, 0.1) is 13.2 Å². The lowest BCUT2D eigenvalue weighted by Crippen LogP contribution is -2.40. The molecule has 0 bridgehead atoms. The second-order valence-corrected chi connectivity index (χ2v) is 9.24. The molecule has 6 nitrogen and oxygen atoms in total. The minimum absolute atomic E-state index is 0.0164. The molecular weight excluding hydrogens is 418 g/mol. The monoisotopic (exact) mass is 449 g/mol. The Bertz CT molecular complexity index is 1100. The van der Waals surface area contributed by atoms with Gasteiger partial charge in [-0.3, -0.25) is 14.9 Å². The lowest BCUT2D eigenvalue weighted by atomic mass is 9.80. The van der Waals surface area contributed by atoms with Crippen molar-refractivity contribution in [1.82, 2.24) is 0 Å². The normalized spacial score (nSPS) is 25.2. The third-order valence-corrected chi connectivity index (χ3v) is 6.95. The van der Waals surface area contributed by atoms with Crippen molar-refractivity contribution in [2.75, 3.05) is 7.11 Å².